The zero-order chi connectivity index (χ0) is 15.2. The lowest BCUT2D eigenvalue weighted by Crippen LogP contribution is -1.87. The second kappa shape index (κ2) is 5.19. The van der Waals surface area contributed by atoms with Crippen LogP contribution in [0.5, 0.6) is 0 Å². The molecule has 0 atom stereocenters. The Morgan fingerprint density at radius 2 is 1.52 bits per heavy atom. The van der Waals surface area contributed by atoms with Crippen molar-refractivity contribution in [1.82, 2.24) is 0 Å². The standard InChI is InChI=1S/C21H13S2/c1-2-6-16-14(5-1)11-15-12-18(20-7-3-9-22-20)19(13-17(15)16)21-8-4-10-23-21/h1-10,13H,11H2. The van der Waals surface area contributed by atoms with Crippen molar-refractivity contribution >= 4 is 22.7 Å². The summed E-state index contributed by atoms with van der Waals surface area (Å²) >= 11 is 3.59. The summed E-state index contributed by atoms with van der Waals surface area (Å²) in [6.45, 7) is 0. The molecule has 4 aromatic rings. The van der Waals surface area contributed by atoms with Crippen LogP contribution in [-0.4, -0.2) is 0 Å². The molecule has 109 valence electrons. The summed E-state index contributed by atoms with van der Waals surface area (Å²) in [6.07, 6.45) is 0.995. The Morgan fingerprint density at radius 3 is 2.30 bits per heavy atom. The van der Waals surface area contributed by atoms with E-state index in [0.29, 0.717) is 0 Å². The molecule has 1 aliphatic rings. The lowest BCUT2D eigenvalue weighted by molar-refractivity contribution is 1.26. The molecule has 0 N–H and O–H groups in total. The SMILES string of the molecule is [c]1c2c(cc(-c3cccs3)c1-c1cccs1)-c1ccccc1C2. The summed E-state index contributed by atoms with van der Waals surface area (Å²) < 4.78 is 0. The zero-order valence-corrected chi connectivity index (χ0v) is 14.0. The van der Waals surface area contributed by atoms with Gasteiger partial charge in [0, 0.05) is 20.9 Å². The van der Waals surface area contributed by atoms with Gasteiger partial charge in [-0.05, 0) is 63.7 Å². The molecule has 0 aliphatic heterocycles. The van der Waals surface area contributed by atoms with Crippen molar-refractivity contribution < 1.29 is 0 Å². The maximum Gasteiger partial charge on any atom is 0.0355 e. The summed E-state index contributed by atoms with van der Waals surface area (Å²) in [4.78, 5) is 2.61. The number of hydrogen-bond donors (Lipinski definition) is 0. The minimum atomic E-state index is 0.995. The fourth-order valence-corrected chi connectivity index (χ4v) is 4.83. The molecule has 0 saturated carbocycles. The minimum absolute atomic E-state index is 0.995. The summed E-state index contributed by atoms with van der Waals surface area (Å²) in [5.74, 6) is 0. The van der Waals surface area contributed by atoms with Crippen LogP contribution in [0.15, 0.2) is 65.4 Å². The third kappa shape index (κ3) is 2.10. The average Bonchev–Trinajstić information content (AvgIpc) is 3.33. The van der Waals surface area contributed by atoms with E-state index in [9.17, 15) is 0 Å². The van der Waals surface area contributed by atoms with Gasteiger partial charge in [-0.15, -0.1) is 22.7 Å². The van der Waals surface area contributed by atoms with Gasteiger partial charge in [0.2, 0.25) is 0 Å². The van der Waals surface area contributed by atoms with Gasteiger partial charge in [-0.25, -0.2) is 0 Å². The van der Waals surface area contributed by atoms with Gasteiger partial charge in [-0.1, -0.05) is 36.4 Å². The molecule has 2 heteroatoms. The van der Waals surface area contributed by atoms with E-state index >= 15 is 0 Å². The highest BCUT2D eigenvalue weighted by atomic mass is 32.1. The fraction of sp³-hybridized carbons (Fsp3) is 0.0476. The number of benzene rings is 2. The monoisotopic (exact) mass is 329 g/mol. The van der Waals surface area contributed by atoms with Crippen molar-refractivity contribution in [1.29, 1.82) is 0 Å². The van der Waals surface area contributed by atoms with E-state index in [1.807, 2.05) is 0 Å². The summed E-state index contributed by atoms with van der Waals surface area (Å²) in [5, 5.41) is 4.29. The van der Waals surface area contributed by atoms with Crippen LogP contribution >= 0.6 is 22.7 Å². The van der Waals surface area contributed by atoms with E-state index in [1.165, 1.54) is 43.1 Å². The molecule has 0 nitrogen and oxygen atoms in total. The molecule has 0 unspecified atom stereocenters. The molecule has 0 fully saturated rings. The topological polar surface area (TPSA) is 0 Å². The van der Waals surface area contributed by atoms with E-state index < -0.39 is 0 Å². The Bertz CT molecular complexity index is 977. The van der Waals surface area contributed by atoms with Crippen LogP contribution in [0.25, 0.3) is 32.0 Å². The summed E-state index contributed by atoms with van der Waals surface area (Å²) in [5.41, 5.74) is 8.01. The third-order valence-electron chi connectivity index (χ3n) is 4.39. The first-order chi connectivity index (χ1) is 11.4. The van der Waals surface area contributed by atoms with E-state index in [-0.39, 0.29) is 0 Å². The Hall–Kier alpha value is -2.16. The van der Waals surface area contributed by atoms with Crippen LogP contribution in [0.3, 0.4) is 0 Å². The Balaban J connectivity index is 1.80. The second-order valence-corrected chi connectivity index (χ2v) is 7.63. The summed E-state index contributed by atoms with van der Waals surface area (Å²) in [6, 6.07) is 23.5. The van der Waals surface area contributed by atoms with Crippen LogP contribution in [0.2, 0.25) is 0 Å². The Kier molecular flexibility index (Phi) is 3.00. The summed E-state index contributed by atoms with van der Waals surface area (Å²) in [7, 11) is 0. The van der Waals surface area contributed by atoms with Crippen molar-refractivity contribution in [2.24, 2.45) is 0 Å². The number of hydrogen-bond acceptors (Lipinski definition) is 2. The molecule has 1 radical (unpaired) electrons. The van der Waals surface area contributed by atoms with Crippen LogP contribution in [0, 0.1) is 6.07 Å². The Morgan fingerprint density at radius 1 is 0.739 bits per heavy atom. The number of fused-ring (bicyclic) bond motifs is 3. The molecule has 2 aromatic heterocycles. The van der Waals surface area contributed by atoms with Gasteiger partial charge < -0.3 is 0 Å². The molecule has 0 bridgehead atoms. The van der Waals surface area contributed by atoms with Gasteiger partial charge in [-0.2, -0.15) is 0 Å². The van der Waals surface area contributed by atoms with Crippen LogP contribution in [0.1, 0.15) is 11.1 Å². The van der Waals surface area contributed by atoms with E-state index in [2.05, 4.69) is 71.4 Å². The van der Waals surface area contributed by atoms with Gasteiger partial charge in [0.25, 0.3) is 0 Å². The highest BCUT2D eigenvalue weighted by molar-refractivity contribution is 7.14. The first-order valence-electron chi connectivity index (χ1n) is 7.65. The van der Waals surface area contributed by atoms with Crippen molar-refractivity contribution in [3.63, 3.8) is 0 Å². The third-order valence-corrected chi connectivity index (χ3v) is 6.18. The van der Waals surface area contributed by atoms with Crippen molar-refractivity contribution in [2.45, 2.75) is 6.42 Å². The molecule has 1 aliphatic carbocycles. The maximum absolute atomic E-state index is 3.75. The van der Waals surface area contributed by atoms with Gasteiger partial charge in [-0.3, -0.25) is 0 Å². The van der Waals surface area contributed by atoms with Crippen molar-refractivity contribution in [3.8, 4) is 32.0 Å². The second-order valence-electron chi connectivity index (χ2n) is 5.74. The molecule has 2 heterocycles. The minimum Gasteiger partial charge on any atom is -0.144 e. The lowest BCUT2D eigenvalue weighted by atomic mass is 9.96. The lowest BCUT2D eigenvalue weighted by Gasteiger charge is -2.10. The van der Waals surface area contributed by atoms with Crippen LogP contribution in [0.4, 0.5) is 0 Å². The highest BCUT2D eigenvalue weighted by Gasteiger charge is 2.22. The first-order valence-corrected chi connectivity index (χ1v) is 9.41. The number of thiophene rings is 2. The maximum atomic E-state index is 3.75. The zero-order valence-electron chi connectivity index (χ0n) is 12.4. The average molecular weight is 329 g/mol. The molecule has 0 saturated heterocycles. The highest BCUT2D eigenvalue weighted by Crippen LogP contribution is 2.44. The van der Waals surface area contributed by atoms with Gasteiger partial charge in [0.05, 0.1) is 0 Å². The molecular weight excluding hydrogens is 316 g/mol. The molecule has 23 heavy (non-hydrogen) atoms. The molecule has 2 aromatic carbocycles. The predicted octanol–water partition coefficient (Wildman–Crippen LogP) is 6.51. The normalized spacial score (nSPS) is 12.2. The number of rotatable bonds is 2. The van der Waals surface area contributed by atoms with Crippen LogP contribution < -0.4 is 0 Å². The fourth-order valence-electron chi connectivity index (χ4n) is 3.34. The molecular formula is C21H13S2. The van der Waals surface area contributed by atoms with Crippen LogP contribution in [-0.2, 0) is 6.42 Å². The first kappa shape index (κ1) is 13.3. The molecule has 0 amide bonds. The van der Waals surface area contributed by atoms with Gasteiger partial charge in [0.1, 0.15) is 0 Å². The van der Waals surface area contributed by atoms with Crippen molar-refractivity contribution in [2.75, 3.05) is 0 Å². The van der Waals surface area contributed by atoms with Gasteiger partial charge in [0.15, 0.2) is 0 Å². The van der Waals surface area contributed by atoms with E-state index in [0.717, 1.165) is 6.42 Å². The molecule has 5 rings (SSSR count). The largest absolute Gasteiger partial charge is 0.144 e. The van der Waals surface area contributed by atoms with E-state index in [1.54, 1.807) is 22.7 Å². The predicted molar refractivity (Wildman–Crippen MR) is 100 cm³/mol. The quantitative estimate of drug-likeness (QED) is 0.346. The van der Waals surface area contributed by atoms with Gasteiger partial charge >= 0.3 is 0 Å². The molecule has 0 spiro atoms. The Labute approximate surface area is 143 Å². The smallest absolute Gasteiger partial charge is 0.0355 e. The van der Waals surface area contributed by atoms with Crippen molar-refractivity contribution in [3.05, 3.63) is 82.6 Å². The van der Waals surface area contributed by atoms with E-state index in [4.69, 9.17) is 0 Å².